The number of rotatable bonds is 12. The van der Waals surface area contributed by atoms with E-state index in [1.807, 2.05) is 119 Å². The van der Waals surface area contributed by atoms with Crippen LogP contribution in [0.1, 0.15) is 278 Å². The third-order valence-electron chi connectivity index (χ3n) is 9.78. The van der Waals surface area contributed by atoms with Crippen LogP contribution >= 0.6 is 36.2 Å². The fourth-order valence-corrected chi connectivity index (χ4v) is 5.98. The van der Waals surface area contributed by atoms with Gasteiger partial charge in [0, 0.05) is 19.4 Å². The van der Waals surface area contributed by atoms with Crippen LogP contribution in [0.3, 0.4) is 0 Å². The molecule has 81 heavy (non-hydrogen) atoms. The molecule has 1 aromatic rings. The summed E-state index contributed by atoms with van der Waals surface area (Å²) in [6, 6.07) is 7.42. The second kappa shape index (κ2) is 49.5. The Labute approximate surface area is 520 Å². The first-order chi connectivity index (χ1) is 35.5. The Hall–Kier alpha value is -1.64. The zero-order valence-corrected chi connectivity index (χ0v) is 62.4. The molecule has 492 valence electrons. The Kier molecular flexibility index (Phi) is 60.1. The van der Waals surface area contributed by atoms with Crippen molar-refractivity contribution < 1.29 is 39.9 Å². The van der Waals surface area contributed by atoms with Gasteiger partial charge in [0.25, 0.3) is 0 Å². The molecule has 0 radical (unpaired) electrons. The number of phenols is 1. The molecule has 1 aromatic carbocycles. The van der Waals surface area contributed by atoms with Gasteiger partial charge in [-0.1, -0.05) is 226 Å². The molecule has 0 spiro atoms. The van der Waals surface area contributed by atoms with Crippen molar-refractivity contribution >= 4 is 54.0 Å². The quantitative estimate of drug-likeness (QED) is 0.0730. The van der Waals surface area contributed by atoms with E-state index in [1.165, 1.54) is 42.8 Å². The Morgan fingerprint density at radius 1 is 0.519 bits per heavy atom. The Bertz CT molecular complexity index is 1540. The molecule has 0 aromatic heterocycles. The predicted molar refractivity (Wildman–Crippen MR) is 371 cm³/mol. The van der Waals surface area contributed by atoms with Crippen LogP contribution in [-0.4, -0.2) is 92.4 Å². The summed E-state index contributed by atoms with van der Waals surface area (Å²) in [5.74, 6) is 2.23. The summed E-state index contributed by atoms with van der Waals surface area (Å²) in [6.45, 7) is 66.6. The number of primary amides is 1. The van der Waals surface area contributed by atoms with E-state index in [-0.39, 0.29) is 58.5 Å². The zero-order chi connectivity index (χ0) is 67.3. The fourth-order valence-electron chi connectivity index (χ4n) is 4.30. The fraction of sp³-hybridized carbons (Fsp3) is 0.868. The highest BCUT2D eigenvalue weighted by Crippen LogP contribution is 2.25. The van der Waals surface area contributed by atoms with E-state index >= 15 is 0 Å². The molecule has 0 saturated heterocycles. The van der Waals surface area contributed by atoms with E-state index in [9.17, 15) is 14.4 Å². The summed E-state index contributed by atoms with van der Waals surface area (Å²) in [5, 5.41) is 42.9. The average Bonchev–Trinajstić information content (AvgIpc) is 3.21. The van der Waals surface area contributed by atoms with Crippen LogP contribution in [0.2, 0.25) is 0 Å². The Morgan fingerprint density at radius 2 is 0.864 bits per heavy atom. The number of aromatic hydroxyl groups is 1. The number of phenolic OH excluding ortho intramolecular Hbond substituents is 1. The van der Waals surface area contributed by atoms with Crippen molar-refractivity contribution in [2.45, 2.75) is 285 Å². The number of aliphatic hydroxyl groups is 2. The minimum absolute atomic E-state index is 0.0556. The first kappa shape index (κ1) is 98.4. The minimum Gasteiger partial charge on any atom is -0.508 e. The number of thiol groups is 1. The van der Waals surface area contributed by atoms with Gasteiger partial charge in [-0.15, -0.1) is 0 Å². The molecule has 1 unspecified atom stereocenters. The third kappa shape index (κ3) is 139. The molecule has 0 saturated carbocycles. The number of nitrogens with two attached hydrogens (primary N) is 2. The Morgan fingerprint density at radius 3 is 1.00 bits per heavy atom. The Balaban J connectivity index is -0.000000102. The number of aliphatic hydroxyl groups excluding tert-OH is 2. The van der Waals surface area contributed by atoms with Crippen LogP contribution in [0, 0.1) is 54.1 Å². The number of carboxylic acids is 2. The predicted octanol–water partition coefficient (Wildman–Crippen LogP) is 19.4. The van der Waals surface area contributed by atoms with Gasteiger partial charge in [0.2, 0.25) is 5.91 Å². The summed E-state index contributed by atoms with van der Waals surface area (Å²) in [6.07, 6.45) is 12.9. The first-order valence-electron chi connectivity index (χ1n) is 29.5. The van der Waals surface area contributed by atoms with Gasteiger partial charge >= 0.3 is 11.9 Å². The van der Waals surface area contributed by atoms with E-state index in [4.69, 9.17) is 37.0 Å². The molecule has 1 rings (SSSR count). The third-order valence-corrected chi connectivity index (χ3v) is 12.5. The van der Waals surface area contributed by atoms with Crippen LogP contribution in [-0.2, 0) is 20.8 Å². The minimum atomic E-state index is -0.725. The average molecular weight is 1210 g/mol. The van der Waals surface area contributed by atoms with Crippen LogP contribution in [0.5, 0.6) is 5.75 Å². The van der Waals surface area contributed by atoms with E-state index in [0.717, 1.165) is 31.6 Å². The van der Waals surface area contributed by atoms with Crippen LogP contribution in [0.15, 0.2) is 24.3 Å². The number of hydrogen-bond acceptors (Lipinski definition) is 10. The van der Waals surface area contributed by atoms with Gasteiger partial charge in [0.05, 0.1) is 12.5 Å². The maximum atomic E-state index is 10.3. The summed E-state index contributed by atoms with van der Waals surface area (Å²) in [4.78, 5) is 30.3. The lowest BCUT2D eigenvalue weighted by atomic mass is 9.88. The molecule has 0 fully saturated rings. The molecule has 1 amide bonds. The first-order valence-corrected chi connectivity index (χ1v) is 33.0. The van der Waals surface area contributed by atoms with Crippen molar-refractivity contribution in [1.29, 1.82) is 0 Å². The number of carbonyl (C=O) groups excluding carboxylic acids is 1. The standard InChI is InChI=1S/C11H16O.C8H19N.C7H15NO.C7H14O2.C7H16S.C6H12O2.C6H14O.C6H14S.C5H12O.C5H12S/c1-11(2,3)8-9-4-6-10(12)7-5-9;1-8(2,3)6-4-5-7-9;2*1-7(2,3)5-4-6(8)9;1-7(2,3)5-6-8-4;1-6(2,3)4-5(7)8;1-5(7)6(2,3)4;1-6(2,3)5-7-4;2*1-5(2,3)4-6/h4-7,12H,8H2,1-3H3;4-7,9H2,1-3H3;4-5H2,1-3H3,(H2,8,9);4-5H2,1-3H3,(H,8,9);5-6H2,1-4H3;4H2,1-3H3,(H,7,8);5,7H,1-4H3;5H2,1-4H3;2*6H,4H2,1-3H3. The highest BCUT2D eigenvalue weighted by Gasteiger charge is 2.17. The second-order valence-electron chi connectivity index (χ2n) is 33.1. The van der Waals surface area contributed by atoms with Crippen molar-refractivity contribution in [3.63, 3.8) is 0 Å². The molecular formula is C68H144N2O8S3. The molecule has 1 atom stereocenters. The molecule has 0 bridgehead atoms. The number of benzene rings is 1. The topological polar surface area (TPSA) is 204 Å². The van der Waals surface area contributed by atoms with Crippen molar-refractivity contribution in [2.24, 2.45) is 65.6 Å². The summed E-state index contributed by atoms with van der Waals surface area (Å²) >= 11 is 7.94. The largest absolute Gasteiger partial charge is 0.508 e. The van der Waals surface area contributed by atoms with Gasteiger partial charge in [-0.05, 0) is 154 Å². The van der Waals surface area contributed by atoms with E-state index in [2.05, 4.69) is 150 Å². The van der Waals surface area contributed by atoms with Crippen molar-refractivity contribution in [1.82, 2.24) is 0 Å². The summed E-state index contributed by atoms with van der Waals surface area (Å²) in [5.41, 5.74) is 14.3. The van der Waals surface area contributed by atoms with E-state index < -0.39 is 11.9 Å². The molecule has 9 N–H and O–H groups in total. The lowest BCUT2D eigenvalue weighted by Gasteiger charge is -2.21. The van der Waals surface area contributed by atoms with Gasteiger partial charge in [-0.25, -0.2) is 0 Å². The number of hydrogen-bond donors (Lipinski definition) is 8. The van der Waals surface area contributed by atoms with Crippen molar-refractivity contribution in [3.8, 4) is 5.75 Å². The second-order valence-corrected chi connectivity index (χ2v) is 35.3. The highest BCUT2D eigenvalue weighted by atomic mass is 32.2. The zero-order valence-electron chi connectivity index (χ0n) is 59.9. The summed E-state index contributed by atoms with van der Waals surface area (Å²) in [7, 11) is 0. The maximum absolute atomic E-state index is 10.3. The number of thioether (sulfide) groups is 2. The van der Waals surface area contributed by atoms with Gasteiger partial charge < -0.3 is 37.0 Å². The van der Waals surface area contributed by atoms with Gasteiger partial charge in [-0.3, -0.25) is 14.4 Å². The molecule has 0 heterocycles. The number of carbonyl (C=O) groups is 3. The van der Waals surface area contributed by atoms with Crippen LogP contribution in [0.25, 0.3) is 0 Å². The number of carboxylic acid groups (broad SMARTS) is 2. The van der Waals surface area contributed by atoms with Crippen LogP contribution in [0.4, 0.5) is 0 Å². The smallest absolute Gasteiger partial charge is 0.303 e. The normalized spacial score (nSPS) is 12.2. The lowest BCUT2D eigenvalue weighted by Crippen LogP contribution is -2.21. The van der Waals surface area contributed by atoms with Crippen molar-refractivity contribution in [3.05, 3.63) is 29.8 Å². The van der Waals surface area contributed by atoms with Crippen molar-refractivity contribution in [2.75, 3.05) is 42.9 Å². The van der Waals surface area contributed by atoms with Gasteiger partial charge in [0.1, 0.15) is 5.75 Å². The van der Waals surface area contributed by atoms with Gasteiger partial charge in [-0.2, -0.15) is 36.2 Å². The highest BCUT2D eigenvalue weighted by molar-refractivity contribution is 7.98. The molecule has 10 nitrogen and oxygen atoms in total. The van der Waals surface area contributed by atoms with E-state index in [0.29, 0.717) is 39.2 Å². The maximum Gasteiger partial charge on any atom is 0.303 e. The van der Waals surface area contributed by atoms with E-state index in [1.54, 1.807) is 19.1 Å². The molecule has 0 aliphatic rings. The van der Waals surface area contributed by atoms with Crippen LogP contribution < -0.4 is 11.5 Å². The lowest BCUT2D eigenvalue weighted by molar-refractivity contribution is -0.139. The SMILES string of the molecule is CC(C)(C)CC(=O)O.CC(C)(C)CCC(=O)O.CC(C)(C)CCC(N)=O.CC(C)(C)CCCCN.CC(C)(C)CO.CC(C)(C)CS.CC(C)(C)Cc1ccc(O)cc1.CC(O)C(C)(C)C.CSCC(C)(C)C.CSCCC(C)(C)C. The number of unbranched alkanes of at least 4 members (excludes halogenated alkanes) is 1. The number of amides is 1. The molecule has 0 aliphatic carbocycles. The molecular weight excluding hydrogens is 1070 g/mol. The monoisotopic (exact) mass is 1210 g/mol. The molecule has 0 aliphatic heterocycles. The molecule has 13 heteroatoms. The number of aliphatic carboxylic acids is 2. The van der Waals surface area contributed by atoms with Gasteiger partial charge in [0.15, 0.2) is 0 Å². The summed E-state index contributed by atoms with van der Waals surface area (Å²) < 4.78 is 0.